The number of nitrogens with zero attached hydrogens (tertiary/aromatic N) is 2. The first kappa shape index (κ1) is 22.2. The van der Waals surface area contributed by atoms with Crippen molar-refractivity contribution in [3.63, 3.8) is 0 Å². The van der Waals surface area contributed by atoms with Crippen LogP contribution >= 0.6 is 22.9 Å². The number of para-hydroxylation sites is 1. The summed E-state index contributed by atoms with van der Waals surface area (Å²) in [4.78, 5) is 19.6. The van der Waals surface area contributed by atoms with Gasteiger partial charge in [0.25, 0.3) is 0 Å². The van der Waals surface area contributed by atoms with Crippen LogP contribution in [0.1, 0.15) is 24.8 Å². The Kier molecular flexibility index (Phi) is 6.62. The third-order valence-electron chi connectivity index (χ3n) is 5.31. The number of thiazole rings is 1. The fraction of sp³-hybridized carbons (Fsp3) is 0.364. The molecule has 0 N–H and O–H groups in total. The molecule has 0 aliphatic carbocycles. The standard InChI is InChI=1S/C22H23ClN2O4S2/c1-15-4-2-6-19-21(15)24-22(30-19)25(14-17-5-3-12-29-17)20(26)11-13-31(27,28)18-9-7-16(23)8-10-18/h2,4,6-10,17H,3,5,11-14H2,1H3. The molecular formula is C22H23ClN2O4S2. The summed E-state index contributed by atoms with van der Waals surface area (Å²) in [5.41, 5.74) is 1.90. The number of aryl methyl sites for hydroxylation is 1. The zero-order valence-corrected chi connectivity index (χ0v) is 19.5. The molecule has 164 valence electrons. The van der Waals surface area contributed by atoms with Gasteiger partial charge in [-0.3, -0.25) is 9.69 Å². The Bertz CT molecular complexity index is 1190. The number of benzene rings is 2. The topological polar surface area (TPSA) is 76.6 Å². The number of hydrogen-bond acceptors (Lipinski definition) is 6. The Labute approximate surface area is 190 Å². The molecule has 1 atom stereocenters. The van der Waals surface area contributed by atoms with Crippen molar-refractivity contribution in [3.05, 3.63) is 53.1 Å². The van der Waals surface area contributed by atoms with Gasteiger partial charge in [0.05, 0.1) is 33.5 Å². The number of amides is 1. The van der Waals surface area contributed by atoms with Gasteiger partial charge in [-0.25, -0.2) is 13.4 Å². The molecule has 1 amide bonds. The van der Waals surface area contributed by atoms with E-state index in [1.807, 2.05) is 25.1 Å². The number of hydrogen-bond donors (Lipinski definition) is 0. The lowest BCUT2D eigenvalue weighted by atomic mass is 10.2. The van der Waals surface area contributed by atoms with Crippen LogP contribution in [-0.2, 0) is 19.4 Å². The Balaban J connectivity index is 1.56. The maximum absolute atomic E-state index is 13.2. The van der Waals surface area contributed by atoms with Crippen LogP contribution in [0.5, 0.6) is 0 Å². The highest BCUT2D eigenvalue weighted by atomic mass is 35.5. The van der Waals surface area contributed by atoms with Crippen molar-refractivity contribution in [2.45, 2.75) is 37.2 Å². The first-order valence-electron chi connectivity index (χ1n) is 10.1. The van der Waals surface area contributed by atoms with E-state index in [0.29, 0.717) is 23.3 Å². The van der Waals surface area contributed by atoms with Gasteiger partial charge >= 0.3 is 0 Å². The van der Waals surface area contributed by atoms with Gasteiger partial charge in [-0.2, -0.15) is 0 Å². The van der Waals surface area contributed by atoms with Crippen LogP contribution in [-0.4, -0.2) is 44.3 Å². The number of carbonyl (C=O) groups is 1. The minimum atomic E-state index is -3.60. The number of fused-ring (bicyclic) bond motifs is 1. The predicted molar refractivity (Wildman–Crippen MR) is 124 cm³/mol. The zero-order valence-electron chi connectivity index (χ0n) is 17.1. The van der Waals surface area contributed by atoms with Crippen LogP contribution in [0.25, 0.3) is 10.2 Å². The monoisotopic (exact) mass is 478 g/mol. The predicted octanol–water partition coefficient (Wildman–Crippen LogP) is 4.63. The minimum Gasteiger partial charge on any atom is -0.376 e. The molecule has 1 saturated heterocycles. The number of ether oxygens (including phenoxy) is 1. The SMILES string of the molecule is Cc1cccc2sc(N(CC3CCCO3)C(=O)CCS(=O)(=O)c3ccc(Cl)cc3)nc12. The van der Waals surface area contributed by atoms with Crippen LogP contribution in [0.3, 0.4) is 0 Å². The molecule has 0 radical (unpaired) electrons. The number of halogens is 1. The van der Waals surface area contributed by atoms with Gasteiger partial charge in [0.15, 0.2) is 15.0 Å². The number of rotatable bonds is 7. The first-order chi connectivity index (χ1) is 14.8. The van der Waals surface area contributed by atoms with Gasteiger partial charge in [-0.1, -0.05) is 35.1 Å². The summed E-state index contributed by atoms with van der Waals surface area (Å²) in [6.45, 7) is 3.03. The molecule has 1 unspecified atom stereocenters. The van der Waals surface area contributed by atoms with Crippen molar-refractivity contribution < 1.29 is 17.9 Å². The smallest absolute Gasteiger partial charge is 0.229 e. The largest absolute Gasteiger partial charge is 0.376 e. The lowest BCUT2D eigenvalue weighted by Crippen LogP contribution is -2.38. The summed E-state index contributed by atoms with van der Waals surface area (Å²) < 4.78 is 32.1. The van der Waals surface area contributed by atoms with Gasteiger partial charge in [0.1, 0.15) is 0 Å². The van der Waals surface area contributed by atoms with E-state index in [4.69, 9.17) is 21.3 Å². The highest BCUT2D eigenvalue weighted by molar-refractivity contribution is 7.91. The van der Waals surface area contributed by atoms with Gasteiger partial charge in [0, 0.05) is 18.1 Å². The molecule has 1 fully saturated rings. The maximum Gasteiger partial charge on any atom is 0.229 e. The van der Waals surface area contributed by atoms with E-state index in [1.165, 1.54) is 35.6 Å². The maximum atomic E-state index is 13.2. The zero-order chi connectivity index (χ0) is 22.0. The van der Waals surface area contributed by atoms with Crippen LogP contribution < -0.4 is 4.90 Å². The molecule has 0 saturated carbocycles. The van der Waals surface area contributed by atoms with Crippen LogP contribution in [0.4, 0.5) is 5.13 Å². The van der Waals surface area contributed by atoms with Crippen molar-refractivity contribution in [3.8, 4) is 0 Å². The molecular weight excluding hydrogens is 456 g/mol. The van der Waals surface area contributed by atoms with E-state index in [0.717, 1.165) is 28.6 Å². The summed E-state index contributed by atoms with van der Waals surface area (Å²) in [7, 11) is -3.60. The molecule has 9 heteroatoms. The quantitative estimate of drug-likeness (QED) is 0.494. The highest BCUT2D eigenvalue weighted by Gasteiger charge is 2.27. The molecule has 1 aliphatic rings. The molecule has 2 aromatic carbocycles. The number of carbonyl (C=O) groups excluding carboxylic acids is 1. The van der Waals surface area contributed by atoms with E-state index >= 15 is 0 Å². The third-order valence-corrected chi connectivity index (χ3v) is 8.34. The second kappa shape index (κ2) is 9.24. The summed E-state index contributed by atoms with van der Waals surface area (Å²) >= 11 is 7.29. The minimum absolute atomic E-state index is 0.0649. The molecule has 31 heavy (non-hydrogen) atoms. The lowest BCUT2D eigenvalue weighted by molar-refractivity contribution is -0.118. The van der Waals surface area contributed by atoms with E-state index < -0.39 is 9.84 Å². The summed E-state index contributed by atoms with van der Waals surface area (Å²) in [5, 5.41) is 1.04. The van der Waals surface area contributed by atoms with Crippen molar-refractivity contribution >= 4 is 54.0 Å². The summed E-state index contributed by atoms with van der Waals surface area (Å²) in [5.74, 6) is -0.552. The van der Waals surface area contributed by atoms with Crippen LogP contribution in [0, 0.1) is 6.92 Å². The first-order valence-corrected chi connectivity index (χ1v) is 12.9. The molecule has 0 spiro atoms. The Hall–Kier alpha value is -2.00. The fourth-order valence-electron chi connectivity index (χ4n) is 3.58. The van der Waals surface area contributed by atoms with E-state index in [2.05, 4.69) is 0 Å². The van der Waals surface area contributed by atoms with Gasteiger partial charge in [0.2, 0.25) is 5.91 Å². The molecule has 6 nitrogen and oxygen atoms in total. The van der Waals surface area contributed by atoms with E-state index in [-0.39, 0.29) is 29.1 Å². The summed E-state index contributed by atoms with van der Waals surface area (Å²) in [6, 6.07) is 11.9. The Morgan fingerprint density at radius 2 is 2.03 bits per heavy atom. The molecule has 0 bridgehead atoms. The number of aromatic nitrogens is 1. The molecule has 3 aromatic rings. The van der Waals surface area contributed by atoms with Gasteiger partial charge in [-0.15, -0.1) is 0 Å². The Morgan fingerprint density at radius 1 is 1.26 bits per heavy atom. The van der Waals surface area contributed by atoms with Gasteiger partial charge < -0.3 is 4.74 Å². The fourth-order valence-corrected chi connectivity index (χ4v) is 6.01. The van der Waals surface area contributed by atoms with Crippen molar-refractivity contribution in [1.82, 2.24) is 4.98 Å². The van der Waals surface area contributed by atoms with Crippen LogP contribution in [0.15, 0.2) is 47.4 Å². The lowest BCUT2D eigenvalue weighted by Gasteiger charge is -2.23. The second-order valence-corrected chi connectivity index (χ2v) is 11.1. The highest BCUT2D eigenvalue weighted by Crippen LogP contribution is 2.32. The second-order valence-electron chi connectivity index (χ2n) is 7.58. The van der Waals surface area contributed by atoms with Crippen molar-refractivity contribution in [2.75, 3.05) is 23.8 Å². The van der Waals surface area contributed by atoms with Crippen molar-refractivity contribution in [1.29, 1.82) is 0 Å². The molecule has 2 heterocycles. The molecule has 1 aromatic heterocycles. The number of sulfone groups is 1. The van der Waals surface area contributed by atoms with E-state index in [1.54, 1.807) is 4.90 Å². The Morgan fingerprint density at radius 3 is 2.71 bits per heavy atom. The number of anilines is 1. The average molecular weight is 479 g/mol. The normalized spacial score (nSPS) is 16.6. The van der Waals surface area contributed by atoms with Crippen molar-refractivity contribution in [2.24, 2.45) is 0 Å². The van der Waals surface area contributed by atoms with E-state index in [9.17, 15) is 13.2 Å². The molecule has 4 rings (SSSR count). The molecule has 1 aliphatic heterocycles. The summed E-state index contributed by atoms with van der Waals surface area (Å²) in [6.07, 6.45) is 1.63. The van der Waals surface area contributed by atoms with Gasteiger partial charge in [-0.05, 0) is 55.7 Å². The third kappa shape index (κ3) is 5.09. The average Bonchev–Trinajstić information content (AvgIpc) is 3.41. The van der Waals surface area contributed by atoms with Crippen LogP contribution in [0.2, 0.25) is 5.02 Å².